The van der Waals surface area contributed by atoms with Crippen LogP contribution in [0.25, 0.3) is 0 Å². The molecule has 0 saturated heterocycles. The van der Waals surface area contributed by atoms with Crippen molar-refractivity contribution in [2.24, 2.45) is 0 Å². The number of carbonyl (C=O) groups excluding carboxylic acids is 1. The molecule has 0 spiro atoms. The Labute approximate surface area is 188 Å². The van der Waals surface area contributed by atoms with Crippen LogP contribution >= 0.6 is 0 Å². The zero-order chi connectivity index (χ0) is 19.7. The van der Waals surface area contributed by atoms with Crippen molar-refractivity contribution in [1.29, 1.82) is 0 Å². The van der Waals surface area contributed by atoms with Crippen LogP contribution in [0, 0.1) is 0 Å². The number of aliphatic hydroxyl groups excluding tert-OH is 1. The molecule has 1 unspecified atom stereocenters. The van der Waals surface area contributed by atoms with Gasteiger partial charge in [0.05, 0.1) is 6.61 Å². The summed E-state index contributed by atoms with van der Waals surface area (Å²) >= 11 is 0. The Bertz CT molecular complexity index is 477. The van der Waals surface area contributed by atoms with Gasteiger partial charge >= 0.3 is 29.6 Å². The van der Waals surface area contributed by atoms with Crippen molar-refractivity contribution in [3.8, 4) is 0 Å². The number of unbranched alkanes of at least 4 members (excludes halogenated alkanes) is 11. The second kappa shape index (κ2) is 19.6. The number of carbonyl (C=O) groups is 1. The molecule has 0 aliphatic carbocycles. The largest absolute Gasteiger partial charge is 1.00 e. The Hall–Kier alpha value is 0.280. The molecule has 0 amide bonds. The Morgan fingerprint density at radius 1 is 0.889 bits per heavy atom. The Kier molecular flexibility index (Phi) is 21.4. The maximum atomic E-state index is 11.6. The molecule has 1 N–H and O–H groups in total. The van der Waals surface area contributed by atoms with Gasteiger partial charge in [0.15, 0.2) is 5.78 Å². The van der Waals surface area contributed by atoms with Crippen LogP contribution < -0.4 is 29.6 Å². The Morgan fingerprint density at radius 3 is 1.78 bits per heavy atom. The maximum Gasteiger partial charge on any atom is 1.00 e. The summed E-state index contributed by atoms with van der Waals surface area (Å²) < 4.78 is 32.5. The molecule has 0 saturated carbocycles. The van der Waals surface area contributed by atoms with Gasteiger partial charge in [-0.3, -0.25) is 4.79 Å². The molecule has 0 aromatic rings. The minimum atomic E-state index is -4.74. The summed E-state index contributed by atoms with van der Waals surface area (Å²) in [6.07, 6.45) is 19.4. The van der Waals surface area contributed by atoms with E-state index >= 15 is 0 Å². The van der Waals surface area contributed by atoms with E-state index in [0.29, 0.717) is 6.42 Å². The molecular formula is C20H37NaO5S. The number of allylic oxidation sites excluding steroid dienone is 2. The zero-order valence-corrected chi connectivity index (χ0v) is 20.1. The first-order valence-corrected chi connectivity index (χ1v) is 11.6. The molecule has 5 nitrogen and oxygen atoms in total. The van der Waals surface area contributed by atoms with Gasteiger partial charge in [-0.2, -0.15) is 0 Å². The topological polar surface area (TPSA) is 94.5 Å². The van der Waals surface area contributed by atoms with E-state index in [2.05, 4.69) is 19.1 Å². The van der Waals surface area contributed by atoms with Crippen molar-refractivity contribution in [2.45, 2.75) is 102 Å². The standard InChI is InChI=1S/C20H38O5S.Na/c1-2-3-4-5-6-7-8-9-10-11-12-13-14-15-16-17-19(22)20(18-21)26(23,24)25;/h9-10,20-21H,2-8,11-18H2,1H3,(H,23,24,25);/q;+1/p-1/b10-9-;. The van der Waals surface area contributed by atoms with Crippen LogP contribution in [0.2, 0.25) is 0 Å². The van der Waals surface area contributed by atoms with Crippen LogP contribution in [0.4, 0.5) is 0 Å². The third-order valence-electron chi connectivity index (χ3n) is 4.56. The van der Waals surface area contributed by atoms with Gasteiger partial charge in [-0.05, 0) is 32.1 Å². The number of Topliss-reactive ketones (excluding diaryl/α,β-unsaturated/α-hetero) is 1. The Balaban J connectivity index is 0. The van der Waals surface area contributed by atoms with Crippen molar-refractivity contribution in [2.75, 3.05) is 6.61 Å². The van der Waals surface area contributed by atoms with E-state index in [1.54, 1.807) is 0 Å². The SMILES string of the molecule is CCCCCCCC/C=C\CCCCCCCC(=O)C(CO)S(=O)(=O)[O-].[Na+]. The van der Waals surface area contributed by atoms with Crippen molar-refractivity contribution in [3.05, 3.63) is 12.2 Å². The smallest absolute Gasteiger partial charge is 0.747 e. The van der Waals surface area contributed by atoms with Gasteiger partial charge in [0.2, 0.25) is 0 Å². The summed E-state index contributed by atoms with van der Waals surface area (Å²) in [6, 6.07) is 0. The molecule has 0 aromatic heterocycles. The number of ketones is 1. The molecule has 0 aliphatic heterocycles. The molecule has 7 heteroatoms. The molecule has 0 fully saturated rings. The minimum Gasteiger partial charge on any atom is -0.747 e. The fourth-order valence-electron chi connectivity index (χ4n) is 2.89. The molecule has 27 heavy (non-hydrogen) atoms. The van der Waals surface area contributed by atoms with Crippen LogP contribution in [0.1, 0.15) is 96.8 Å². The van der Waals surface area contributed by atoms with Gasteiger partial charge in [-0.15, -0.1) is 0 Å². The minimum absolute atomic E-state index is 0. The van der Waals surface area contributed by atoms with Gasteiger partial charge < -0.3 is 9.66 Å². The zero-order valence-electron chi connectivity index (χ0n) is 17.3. The molecule has 0 aromatic carbocycles. The first kappa shape index (κ1) is 29.5. The van der Waals surface area contributed by atoms with Crippen LogP contribution in [0.3, 0.4) is 0 Å². The molecule has 0 aliphatic rings. The quantitative estimate of drug-likeness (QED) is 0.159. The number of hydrogen-bond donors (Lipinski definition) is 1. The van der Waals surface area contributed by atoms with E-state index in [4.69, 9.17) is 5.11 Å². The van der Waals surface area contributed by atoms with Crippen LogP contribution in [-0.2, 0) is 14.9 Å². The summed E-state index contributed by atoms with van der Waals surface area (Å²) in [5.74, 6) is -0.667. The summed E-state index contributed by atoms with van der Waals surface area (Å²) in [5, 5.41) is 7.06. The molecule has 0 bridgehead atoms. The van der Waals surface area contributed by atoms with Crippen molar-refractivity contribution < 1.29 is 52.4 Å². The van der Waals surface area contributed by atoms with Gasteiger partial charge in [-0.25, -0.2) is 8.42 Å². The van der Waals surface area contributed by atoms with Crippen molar-refractivity contribution in [3.63, 3.8) is 0 Å². The second-order valence-corrected chi connectivity index (χ2v) is 8.52. The average molecular weight is 413 g/mol. The summed E-state index contributed by atoms with van der Waals surface area (Å²) in [6.45, 7) is 1.31. The third-order valence-corrected chi connectivity index (χ3v) is 5.67. The maximum absolute atomic E-state index is 11.6. The van der Waals surface area contributed by atoms with E-state index in [0.717, 1.165) is 32.1 Å². The summed E-state index contributed by atoms with van der Waals surface area (Å²) in [7, 11) is -4.74. The van der Waals surface area contributed by atoms with E-state index < -0.39 is 27.8 Å². The first-order valence-electron chi connectivity index (χ1n) is 10.2. The van der Waals surface area contributed by atoms with Crippen molar-refractivity contribution in [1.82, 2.24) is 0 Å². The van der Waals surface area contributed by atoms with E-state index in [1.165, 1.54) is 44.9 Å². The predicted octanol–water partition coefficient (Wildman–Crippen LogP) is 1.50. The van der Waals surface area contributed by atoms with Crippen molar-refractivity contribution >= 4 is 15.9 Å². The molecular weight excluding hydrogens is 375 g/mol. The average Bonchev–Trinajstić information content (AvgIpc) is 2.57. The summed E-state index contributed by atoms with van der Waals surface area (Å²) in [4.78, 5) is 11.6. The van der Waals surface area contributed by atoms with Gasteiger partial charge in [0.1, 0.15) is 15.4 Å². The third kappa shape index (κ3) is 18.1. The first-order chi connectivity index (χ1) is 12.4. The normalized spacial score (nSPS) is 12.9. The van der Waals surface area contributed by atoms with Gasteiger partial charge in [0.25, 0.3) is 0 Å². The fraction of sp³-hybridized carbons (Fsp3) is 0.850. The van der Waals surface area contributed by atoms with E-state index in [9.17, 15) is 17.8 Å². The molecule has 0 heterocycles. The van der Waals surface area contributed by atoms with E-state index in [-0.39, 0.29) is 36.0 Å². The van der Waals surface area contributed by atoms with E-state index in [1.807, 2.05) is 0 Å². The number of rotatable bonds is 18. The number of hydrogen-bond acceptors (Lipinski definition) is 5. The Morgan fingerprint density at radius 2 is 1.33 bits per heavy atom. The predicted molar refractivity (Wildman–Crippen MR) is 105 cm³/mol. The molecule has 1 atom stereocenters. The van der Waals surface area contributed by atoms with Gasteiger partial charge in [0, 0.05) is 6.42 Å². The second-order valence-electron chi connectivity index (χ2n) is 6.96. The van der Waals surface area contributed by atoms with Crippen LogP contribution in [0.15, 0.2) is 12.2 Å². The molecule has 154 valence electrons. The fourth-order valence-corrected chi connectivity index (χ4v) is 3.51. The van der Waals surface area contributed by atoms with Gasteiger partial charge in [-0.1, -0.05) is 70.4 Å². The number of aliphatic hydroxyl groups is 1. The molecule has 0 radical (unpaired) electrons. The molecule has 0 rings (SSSR count). The van der Waals surface area contributed by atoms with Crippen LogP contribution in [0.5, 0.6) is 0 Å². The van der Waals surface area contributed by atoms with Crippen LogP contribution in [-0.4, -0.2) is 35.7 Å². The monoisotopic (exact) mass is 412 g/mol. The summed E-state index contributed by atoms with van der Waals surface area (Å²) in [5.41, 5.74) is 0.